The molecule has 0 saturated carbocycles. The van der Waals surface area contributed by atoms with Gasteiger partial charge in [-0.2, -0.15) is 0 Å². The van der Waals surface area contributed by atoms with E-state index in [-0.39, 0.29) is 18.1 Å². The lowest BCUT2D eigenvalue weighted by Crippen LogP contribution is -2.15. The predicted molar refractivity (Wildman–Crippen MR) is 35.2 cm³/mol. The Morgan fingerprint density at radius 2 is 2.50 bits per heavy atom. The molecule has 0 bridgehead atoms. The maximum atomic E-state index is 10.7. The monoisotopic (exact) mass is 141 g/mol. The van der Waals surface area contributed by atoms with E-state index in [0.717, 1.165) is 0 Å². The van der Waals surface area contributed by atoms with Gasteiger partial charge in [-0.3, -0.25) is 9.78 Å². The van der Waals surface area contributed by atoms with E-state index >= 15 is 0 Å². The highest BCUT2D eigenvalue weighted by Crippen LogP contribution is 1.87. The largest absolute Gasteiger partial charge is 0.391 e. The molecule has 0 aromatic carbocycles. The van der Waals surface area contributed by atoms with E-state index in [1.54, 1.807) is 0 Å². The topological polar surface area (TPSA) is 92.0 Å². The van der Waals surface area contributed by atoms with Crippen LogP contribution in [0, 0.1) is 0 Å². The first-order valence-electron chi connectivity index (χ1n) is 2.68. The lowest BCUT2D eigenvalue weighted by atomic mass is 10.4. The molecule has 1 aromatic heterocycles. The molecule has 0 atom stereocenters. The SMILES string of the molecule is Nc1ncc(CO)c(=O)[nH]1. The molecule has 0 radical (unpaired) electrons. The normalized spacial score (nSPS) is 9.70. The van der Waals surface area contributed by atoms with Crippen LogP contribution in [0.2, 0.25) is 0 Å². The fraction of sp³-hybridized carbons (Fsp3) is 0.200. The standard InChI is InChI=1S/C5H7N3O2/c6-5-7-1-3(2-9)4(10)8-5/h1,9H,2H2,(H3,6,7,8,10). The highest BCUT2D eigenvalue weighted by Gasteiger charge is 1.96. The minimum Gasteiger partial charge on any atom is -0.391 e. The Morgan fingerprint density at radius 3 is 3.00 bits per heavy atom. The number of hydrogen-bond acceptors (Lipinski definition) is 4. The molecule has 5 heteroatoms. The third-order valence-corrected chi connectivity index (χ3v) is 1.06. The molecule has 10 heavy (non-hydrogen) atoms. The number of rotatable bonds is 1. The van der Waals surface area contributed by atoms with Crippen molar-refractivity contribution in [3.05, 3.63) is 22.1 Å². The molecule has 5 nitrogen and oxygen atoms in total. The van der Waals surface area contributed by atoms with Crippen molar-refractivity contribution < 1.29 is 5.11 Å². The van der Waals surface area contributed by atoms with Crippen LogP contribution < -0.4 is 11.3 Å². The van der Waals surface area contributed by atoms with Gasteiger partial charge in [0.2, 0.25) is 0 Å². The number of aliphatic hydroxyl groups excluding tert-OH is 1. The Hall–Kier alpha value is -1.36. The molecule has 1 aromatic rings. The third kappa shape index (κ3) is 1.14. The van der Waals surface area contributed by atoms with Gasteiger partial charge >= 0.3 is 0 Å². The summed E-state index contributed by atoms with van der Waals surface area (Å²) < 4.78 is 0. The lowest BCUT2D eigenvalue weighted by molar-refractivity contribution is 0.279. The van der Waals surface area contributed by atoms with Crippen molar-refractivity contribution in [2.75, 3.05) is 5.73 Å². The van der Waals surface area contributed by atoms with Gasteiger partial charge in [0, 0.05) is 6.20 Å². The van der Waals surface area contributed by atoms with Gasteiger partial charge in [0.25, 0.3) is 5.56 Å². The Balaban J connectivity index is 3.20. The summed E-state index contributed by atoms with van der Waals surface area (Å²) in [4.78, 5) is 16.5. The zero-order valence-electron chi connectivity index (χ0n) is 5.16. The summed E-state index contributed by atoms with van der Waals surface area (Å²) in [6.45, 7) is -0.317. The van der Waals surface area contributed by atoms with Gasteiger partial charge in [-0.15, -0.1) is 0 Å². The summed E-state index contributed by atoms with van der Waals surface area (Å²) in [7, 11) is 0. The van der Waals surface area contributed by atoms with Crippen molar-refractivity contribution in [3.63, 3.8) is 0 Å². The van der Waals surface area contributed by atoms with Crippen LogP contribution >= 0.6 is 0 Å². The number of nitrogens with zero attached hydrogens (tertiary/aromatic N) is 1. The minimum absolute atomic E-state index is 0.0576. The molecule has 0 spiro atoms. The van der Waals surface area contributed by atoms with Gasteiger partial charge in [0.15, 0.2) is 5.95 Å². The number of anilines is 1. The fourth-order valence-corrected chi connectivity index (χ4v) is 0.548. The lowest BCUT2D eigenvalue weighted by Gasteiger charge is -1.93. The summed E-state index contributed by atoms with van der Waals surface area (Å²) in [5, 5.41) is 8.51. The number of aromatic nitrogens is 2. The predicted octanol–water partition coefficient (Wildman–Crippen LogP) is -1.16. The number of aliphatic hydroxyl groups is 1. The van der Waals surface area contributed by atoms with E-state index in [9.17, 15) is 4.79 Å². The average molecular weight is 141 g/mol. The molecule has 0 aliphatic rings. The second-order valence-electron chi connectivity index (χ2n) is 1.78. The third-order valence-electron chi connectivity index (χ3n) is 1.06. The quantitative estimate of drug-likeness (QED) is 0.460. The number of nitrogens with one attached hydrogen (secondary N) is 1. The number of hydrogen-bond donors (Lipinski definition) is 3. The number of aromatic amines is 1. The van der Waals surface area contributed by atoms with Crippen molar-refractivity contribution in [2.45, 2.75) is 6.61 Å². The van der Waals surface area contributed by atoms with E-state index in [4.69, 9.17) is 10.8 Å². The van der Waals surface area contributed by atoms with Crippen LogP contribution in [0.15, 0.2) is 11.0 Å². The number of nitrogens with two attached hydrogens (primary N) is 1. The van der Waals surface area contributed by atoms with Crippen LogP contribution in [0.5, 0.6) is 0 Å². The van der Waals surface area contributed by atoms with Crippen molar-refractivity contribution >= 4 is 5.95 Å². The molecule has 54 valence electrons. The molecule has 0 unspecified atom stereocenters. The van der Waals surface area contributed by atoms with Crippen LogP contribution in [0.25, 0.3) is 0 Å². The summed E-state index contributed by atoms with van der Waals surface area (Å²) in [6, 6.07) is 0. The fourth-order valence-electron chi connectivity index (χ4n) is 0.548. The first-order chi connectivity index (χ1) is 4.74. The molecule has 1 rings (SSSR count). The second kappa shape index (κ2) is 2.49. The highest BCUT2D eigenvalue weighted by molar-refractivity contribution is 5.16. The average Bonchev–Trinajstić information content (AvgIpc) is 1.88. The van der Waals surface area contributed by atoms with E-state index in [1.165, 1.54) is 6.20 Å². The molecule has 0 aliphatic carbocycles. The molecule has 0 amide bonds. The molecule has 0 aliphatic heterocycles. The maximum Gasteiger partial charge on any atom is 0.257 e. The Kier molecular flexibility index (Phi) is 1.68. The van der Waals surface area contributed by atoms with Crippen LogP contribution in [0.4, 0.5) is 5.95 Å². The van der Waals surface area contributed by atoms with Crippen molar-refractivity contribution in [1.29, 1.82) is 0 Å². The van der Waals surface area contributed by atoms with E-state index < -0.39 is 5.56 Å². The molecule has 1 heterocycles. The molecule has 0 saturated heterocycles. The van der Waals surface area contributed by atoms with Crippen LogP contribution in [-0.2, 0) is 6.61 Å². The number of nitrogen functional groups attached to an aromatic ring is 1. The Bertz CT molecular complexity index is 280. The minimum atomic E-state index is -0.394. The van der Waals surface area contributed by atoms with Gasteiger partial charge in [0.1, 0.15) is 0 Å². The number of H-pyrrole nitrogens is 1. The van der Waals surface area contributed by atoms with Crippen molar-refractivity contribution in [2.24, 2.45) is 0 Å². The first-order valence-corrected chi connectivity index (χ1v) is 2.68. The highest BCUT2D eigenvalue weighted by atomic mass is 16.3. The summed E-state index contributed by atoms with van der Waals surface area (Å²) in [5.74, 6) is 0.0576. The summed E-state index contributed by atoms with van der Waals surface area (Å²) >= 11 is 0. The molecule has 4 N–H and O–H groups in total. The van der Waals surface area contributed by atoms with Crippen molar-refractivity contribution in [1.82, 2.24) is 9.97 Å². The van der Waals surface area contributed by atoms with Gasteiger partial charge in [-0.25, -0.2) is 4.98 Å². The van der Waals surface area contributed by atoms with E-state index in [2.05, 4.69) is 9.97 Å². The smallest absolute Gasteiger partial charge is 0.257 e. The van der Waals surface area contributed by atoms with Crippen LogP contribution in [0.1, 0.15) is 5.56 Å². The first kappa shape index (κ1) is 6.76. The zero-order valence-corrected chi connectivity index (χ0v) is 5.16. The van der Waals surface area contributed by atoms with E-state index in [1.807, 2.05) is 0 Å². The summed E-state index contributed by atoms with van der Waals surface area (Å²) in [5.41, 5.74) is 4.96. The van der Waals surface area contributed by atoms with Gasteiger partial charge in [-0.1, -0.05) is 0 Å². The molecule has 0 fully saturated rings. The summed E-state index contributed by atoms with van der Waals surface area (Å²) in [6.07, 6.45) is 1.24. The second-order valence-corrected chi connectivity index (χ2v) is 1.78. The Morgan fingerprint density at radius 1 is 1.80 bits per heavy atom. The molecular formula is C5H7N3O2. The zero-order chi connectivity index (χ0) is 7.56. The van der Waals surface area contributed by atoms with Gasteiger partial charge < -0.3 is 10.8 Å². The van der Waals surface area contributed by atoms with Crippen molar-refractivity contribution in [3.8, 4) is 0 Å². The van der Waals surface area contributed by atoms with E-state index in [0.29, 0.717) is 0 Å². The molecular weight excluding hydrogens is 134 g/mol. The van der Waals surface area contributed by atoms with Gasteiger partial charge in [-0.05, 0) is 0 Å². The maximum absolute atomic E-state index is 10.7. The Labute approximate surface area is 56.5 Å². The van der Waals surface area contributed by atoms with Gasteiger partial charge in [0.05, 0.1) is 12.2 Å². The van der Waals surface area contributed by atoms with Crippen LogP contribution in [0.3, 0.4) is 0 Å². The van der Waals surface area contributed by atoms with Crippen LogP contribution in [-0.4, -0.2) is 15.1 Å².